The second-order valence-corrected chi connectivity index (χ2v) is 34.5. The molecule has 18 rings (SSSR count). The molecule has 0 spiro atoms. The SMILES string of the molecule is NC(=O)c1ccc(C(=O)NCCC(c2ccccc2)c2ccccc2)cn1.O=C(NCCC(c1ccccc1)c1ccccc1)c1ccc(-n2cccn2)nc1.O=C(NCCC(c1ccccc1)c1ccccc1)c1ccc(CCN2CCCC2)nc1.O=C(NCCC(c1ccccc1)c1ccccc1)c1ccc(F)nc1.O=C(NCCC(c1ccccc1)c1ccccc1)c1ccc(N2CCOCC2)nc1. The lowest BCUT2D eigenvalue weighted by Crippen LogP contribution is -2.36. The lowest BCUT2D eigenvalue weighted by Gasteiger charge is -2.27. The molecule has 0 saturated carbocycles. The maximum absolute atomic E-state index is 12.8. The molecule has 16 aromatic rings. The second-order valence-electron chi connectivity index (χ2n) is 34.5. The highest BCUT2D eigenvalue weighted by Gasteiger charge is 2.23. The number of anilines is 1. The standard InChI is InChI=1S/C27H31N3O.C25H27N3O2.C24H22N4O.C22H21N3O2.C21H19FN2O/c31-27(24-13-14-25(29-21-24)16-20-30-18-7-8-19-30)28-17-15-26(22-9-3-1-4-10-22)23-11-5-2-6-12-23;29-25(22-11-12-24(27-19-22)28-15-17-30-18-16-28)26-14-13-23(20-7-3-1-4-8-20)21-9-5-2-6-10-21;29-24(21-12-13-23(26-18-21)28-17-7-15-27-28)25-16-14-22(19-8-3-1-4-9-19)20-10-5-2-6-11-20;23-21(26)20-12-11-18(15-25-20)22(27)24-14-13-19(16-7-3-1-4-8-16)17-9-5-2-6-10-17;22-20-12-11-18(15-24-20)21(25)23-14-13-19(16-7-3-1-4-8-16)17-9-5-2-6-10-17/h1-6,9-14,21,26H,7-8,15-20H2,(H,28,31);1-12,19,23H,13-18H2,(H,26,29);1-13,15,17-18,22H,14,16H2,(H,25,29);1-12,15,19H,13-14H2,(H2,23,26)(H,24,27);1-12,15,19H,13-14H2,(H,23,25). The van der Waals surface area contributed by atoms with Gasteiger partial charge in [0.05, 0.1) is 41.0 Å². The summed E-state index contributed by atoms with van der Waals surface area (Å²) in [5.41, 5.74) is 21.3. The van der Waals surface area contributed by atoms with E-state index in [1.807, 2.05) is 146 Å². The number of halogens is 1. The zero-order chi connectivity index (χ0) is 98.3. The Morgan fingerprint density at radius 3 is 0.845 bits per heavy atom. The van der Waals surface area contributed by atoms with Crippen molar-refractivity contribution in [1.82, 2.24) is 66.2 Å². The van der Waals surface area contributed by atoms with Gasteiger partial charge >= 0.3 is 0 Å². The van der Waals surface area contributed by atoms with Crippen molar-refractivity contribution < 1.29 is 37.9 Å². The summed E-state index contributed by atoms with van der Waals surface area (Å²) in [5, 5.41) is 19.1. The number of benzene rings is 10. The molecule has 2 aliphatic rings. The lowest BCUT2D eigenvalue weighted by atomic mass is 9.88. The van der Waals surface area contributed by atoms with Gasteiger partial charge in [-0.3, -0.25) is 38.7 Å². The summed E-state index contributed by atoms with van der Waals surface area (Å²) in [6.07, 6.45) is 18.7. The number of aromatic nitrogens is 7. The first kappa shape index (κ1) is 102. The third kappa shape index (κ3) is 31.6. The minimum Gasteiger partial charge on any atom is -0.378 e. The molecule has 10 aromatic carbocycles. The highest BCUT2D eigenvalue weighted by molar-refractivity contribution is 5.97. The van der Waals surface area contributed by atoms with E-state index in [0.29, 0.717) is 79.6 Å². The molecule has 0 aliphatic carbocycles. The molecule has 7 N–H and O–H groups in total. The molecule has 0 atom stereocenters. The number of carbonyl (C=O) groups is 6. The molecule has 0 unspecified atom stereocenters. The molecular formula is C119H120FN15O7. The average Bonchev–Trinajstić information content (AvgIpc) is 1.20. The van der Waals surface area contributed by atoms with Crippen molar-refractivity contribution in [2.45, 2.75) is 81.0 Å². The highest BCUT2D eigenvalue weighted by Crippen LogP contribution is 2.33. The Labute approximate surface area is 830 Å². The number of nitrogens with one attached hydrogen (secondary N) is 5. The van der Waals surface area contributed by atoms with Crippen molar-refractivity contribution in [3.63, 3.8) is 0 Å². The van der Waals surface area contributed by atoms with Crippen molar-refractivity contribution in [3.05, 3.63) is 514 Å². The van der Waals surface area contributed by atoms with Crippen LogP contribution in [-0.4, -0.2) is 154 Å². The summed E-state index contributed by atoms with van der Waals surface area (Å²) in [5.74, 6) is 0.770. The van der Waals surface area contributed by atoms with Crippen LogP contribution in [0.5, 0.6) is 0 Å². The number of ether oxygens (including phenoxy) is 1. The number of nitrogens with zero attached hydrogens (tertiary/aromatic N) is 9. The molecule has 720 valence electrons. The predicted molar refractivity (Wildman–Crippen MR) is 558 cm³/mol. The van der Waals surface area contributed by atoms with Gasteiger partial charge in [0.1, 0.15) is 11.5 Å². The molecule has 2 aliphatic heterocycles. The molecule has 22 nitrogen and oxygen atoms in total. The van der Waals surface area contributed by atoms with E-state index in [0.717, 1.165) is 69.7 Å². The van der Waals surface area contributed by atoms with E-state index in [1.165, 1.54) is 112 Å². The van der Waals surface area contributed by atoms with Gasteiger partial charge in [-0.2, -0.15) is 9.49 Å². The Kier molecular flexibility index (Phi) is 39.5. The van der Waals surface area contributed by atoms with E-state index in [2.05, 4.69) is 261 Å². The van der Waals surface area contributed by atoms with Crippen LogP contribution in [0.1, 0.15) is 198 Å². The first-order valence-electron chi connectivity index (χ1n) is 48.5. The van der Waals surface area contributed by atoms with Gasteiger partial charge in [0.25, 0.3) is 35.4 Å². The quantitative estimate of drug-likeness (QED) is 0.0199. The van der Waals surface area contributed by atoms with E-state index in [1.54, 1.807) is 47.7 Å². The lowest BCUT2D eigenvalue weighted by molar-refractivity contribution is 0.0943. The van der Waals surface area contributed by atoms with E-state index in [9.17, 15) is 33.2 Å². The van der Waals surface area contributed by atoms with Gasteiger partial charge in [0.15, 0.2) is 5.82 Å². The summed E-state index contributed by atoms with van der Waals surface area (Å²) in [6.45, 7) is 9.38. The van der Waals surface area contributed by atoms with Crippen LogP contribution in [0.25, 0.3) is 5.82 Å². The Balaban J connectivity index is 0.000000141. The maximum Gasteiger partial charge on any atom is 0.267 e. The number of pyridine rings is 5. The Morgan fingerprint density at radius 2 is 0.592 bits per heavy atom. The fraction of sp³-hybridized carbons (Fsp3) is 0.210. The average molecular weight is 1890 g/mol. The van der Waals surface area contributed by atoms with Gasteiger partial charge in [-0.05, 0) is 180 Å². The van der Waals surface area contributed by atoms with Gasteiger partial charge in [-0.25, -0.2) is 19.6 Å². The van der Waals surface area contributed by atoms with Crippen molar-refractivity contribution in [2.24, 2.45) is 5.73 Å². The molecule has 23 heteroatoms. The van der Waals surface area contributed by atoms with Crippen molar-refractivity contribution in [3.8, 4) is 5.82 Å². The fourth-order valence-corrected chi connectivity index (χ4v) is 17.4. The number of carbonyl (C=O) groups excluding carboxylic acids is 6. The Hall–Kier alpha value is -16.4. The van der Waals surface area contributed by atoms with Gasteiger partial charge in [0, 0.05) is 137 Å². The third-order valence-electron chi connectivity index (χ3n) is 24.9. The Morgan fingerprint density at radius 1 is 0.310 bits per heavy atom. The van der Waals surface area contributed by atoms with Crippen molar-refractivity contribution in [1.29, 1.82) is 0 Å². The molecular weight excluding hydrogens is 1770 g/mol. The number of rotatable bonds is 36. The Bertz CT molecular complexity index is 6230. The molecule has 0 radical (unpaired) electrons. The first-order valence-corrected chi connectivity index (χ1v) is 48.5. The second kappa shape index (κ2) is 55.3. The molecule has 2 fully saturated rings. The number of hydrogen-bond donors (Lipinski definition) is 6. The van der Waals surface area contributed by atoms with Crippen LogP contribution >= 0.6 is 0 Å². The predicted octanol–water partition coefficient (Wildman–Crippen LogP) is 20.1. The van der Waals surface area contributed by atoms with Crippen LogP contribution in [-0.2, 0) is 11.2 Å². The van der Waals surface area contributed by atoms with Crippen LogP contribution in [0.2, 0.25) is 0 Å². The van der Waals surface area contributed by atoms with E-state index >= 15 is 0 Å². The summed E-state index contributed by atoms with van der Waals surface area (Å²) >= 11 is 0. The van der Waals surface area contributed by atoms with Crippen molar-refractivity contribution in [2.75, 3.05) is 83.6 Å². The number of nitrogens with two attached hydrogens (primary N) is 1. The summed E-state index contributed by atoms with van der Waals surface area (Å²) in [6, 6.07) is 122. The maximum atomic E-state index is 12.8. The van der Waals surface area contributed by atoms with Gasteiger partial charge < -0.3 is 46.9 Å². The number of primary amides is 1. The fourth-order valence-electron chi connectivity index (χ4n) is 17.4. The van der Waals surface area contributed by atoms with Gasteiger partial charge in [-0.15, -0.1) is 0 Å². The van der Waals surface area contributed by atoms with Crippen molar-refractivity contribution >= 4 is 41.3 Å². The normalized spacial score (nSPS) is 12.1. The van der Waals surface area contributed by atoms with E-state index < -0.39 is 11.9 Å². The summed E-state index contributed by atoms with van der Waals surface area (Å²) < 4.78 is 19.9. The third-order valence-corrected chi connectivity index (χ3v) is 24.9. The number of morpholine rings is 1. The topological polar surface area (TPSA) is 287 Å². The van der Waals surface area contributed by atoms with Crippen LogP contribution in [0.3, 0.4) is 0 Å². The smallest absolute Gasteiger partial charge is 0.267 e. The summed E-state index contributed by atoms with van der Waals surface area (Å²) in [4.78, 5) is 98.6. The van der Waals surface area contributed by atoms with E-state index in [-0.39, 0.29) is 64.8 Å². The zero-order valence-corrected chi connectivity index (χ0v) is 79.6. The highest BCUT2D eigenvalue weighted by atomic mass is 19.1. The molecule has 8 heterocycles. The van der Waals surface area contributed by atoms with Gasteiger partial charge in [0.2, 0.25) is 5.95 Å². The van der Waals surface area contributed by atoms with E-state index in [4.69, 9.17) is 10.5 Å². The summed E-state index contributed by atoms with van der Waals surface area (Å²) in [7, 11) is 0. The van der Waals surface area contributed by atoms with Crippen LogP contribution in [0.15, 0.2) is 413 Å². The minimum absolute atomic E-state index is 0.0570. The molecule has 142 heavy (non-hydrogen) atoms. The number of hydrogen-bond acceptors (Lipinski definition) is 15. The first-order chi connectivity index (χ1) is 69.8. The largest absolute Gasteiger partial charge is 0.378 e. The monoisotopic (exact) mass is 1890 g/mol. The molecule has 2 saturated heterocycles. The zero-order valence-electron chi connectivity index (χ0n) is 79.6. The molecule has 6 amide bonds. The molecule has 0 bridgehead atoms. The minimum atomic E-state index is -0.615. The number of amides is 6. The number of likely N-dealkylation sites (tertiary alicyclic amines) is 1. The molecule has 6 aromatic heterocycles. The van der Waals surface area contributed by atoms with Crippen LogP contribution < -0.4 is 37.2 Å². The van der Waals surface area contributed by atoms with Crippen LogP contribution in [0, 0.1) is 5.95 Å². The van der Waals surface area contributed by atoms with Crippen LogP contribution in [0.4, 0.5) is 10.2 Å². The van der Waals surface area contributed by atoms with Gasteiger partial charge in [-0.1, -0.05) is 303 Å².